The minimum Gasteiger partial charge on any atom is -0.313 e. The second-order valence-electron chi connectivity index (χ2n) is 3.99. The van der Waals surface area contributed by atoms with E-state index in [0.717, 1.165) is 6.42 Å². The zero-order valence-electron chi connectivity index (χ0n) is 8.64. The summed E-state index contributed by atoms with van der Waals surface area (Å²) in [5.41, 5.74) is 1.21. The molecule has 3 nitrogen and oxygen atoms in total. The Bertz CT molecular complexity index is 411. The Kier molecular flexibility index (Phi) is 3.13. The summed E-state index contributed by atoms with van der Waals surface area (Å²) in [6.07, 6.45) is 0.781. The monoisotopic (exact) mass is 245 g/mol. The summed E-state index contributed by atoms with van der Waals surface area (Å²) >= 11 is 1.65. The number of hydrogen-bond donors (Lipinski definition) is 1. The van der Waals surface area contributed by atoms with Gasteiger partial charge in [-0.05, 0) is 41.8 Å². The van der Waals surface area contributed by atoms with Crippen molar-refractivity contribution >= 4 is 21.2 Å². The maximum absolute atomic E-state index is 11.4. The maximum Gasteiger partial charge on any atom is 0.150 e. The zero-order valence-corrected chi connectivity index (χ0v) is 10.3. The Morgan fingerprint density at radius 1 is 1.60 bits per heavy atom. The van der Waals surface area contributed by atoms with Gasteiger partial charge in [0.05, 0.1) is 11.5 Å². The van der Waals surface area contributed by atoms with Crippen LogP contribution >= 0.6 is 11.3 Å². The summed E-state index contributed by atoms with van der Waals surface area (Å²) in [7, 11) is -0.882. The van der Waals surface area contributed by atoms with Crippen molar-refractivity contribution in [3.05, 3.63) is 22.4 Å². The van der Waals surface area contributed by atoms with Crippen LogP contribution in [0.4, 0.5) is 0 Å². The molecule has 0 saturated carbocycles. The summed E-state index contributed by atoms with van der Waals surface area (Å²) in [4.78, 5) is 0. The SMILES string of the molecule is CNC(c1ccsc1)C1CCS(=O)(=O)C1. The van der Waals surface area contributed by atoms with E-state index in [-0.39, 0.29) is 12.0 Å². The van der Waals surface area contributed by atoms with Crippen molar-refractivity contribution in [3.63, 3.8) is 0 Å². The Morgan fingerprint density at radius 2 is 2.40 bits per heavy atom. The molecule has 2 atom stereocenters. The van der Waals surface area contributed by atoms with Crippen molar-refractivity contribution < 1.29 is 8.42 Å². The van der Waals surface area contributed by atoms with Crippen molar-refractivity contribution in [1.29, 1.82) is 0 Å². The van der Waals surface area contributed by atoms with E-state index in [1.54, 1.807) is 11.3 Å². The van der Waals surface area contributed by atoms with Gasteiger partial charge in [-0.3, -0.25) is 0 Å². The Morgan fingerprint density at radius 3 is 2.87 bits per heavy atom. The molecular formula is C10H15NO2S2. The van der Waals surface area contributed by atoms with Gasteiger partial charge in [0, 0.05) is 6.04 Å². The highest BCUT2D eigenvalue weighted by molar-refractivity contribution is 7.91. The van der Waals surface area contributed by atoms with Gasteiger partial charge < -0.3 is 5.32 Å². The molecule has 0 amide bonds. The van der Waals surface area contributed by atoms with Crippen LogP contribution in [0.5, 0.6) is 0 Å². The Hall–Kier alpha value is -0.390. The smallest absolute Gasteiger partial charge is 0.150 e. The quantitative estimate of drug-likeness (QED) is 0.876. The molecule has 1 saturated heterocycles. The molecule has 1 fully saturated rings. The summed E-state index contributed by atoms with van der Waals surface area (Å²) in [6.45, 7) is 0. The first-order chi connectivity index (χ1) is 7.12. The molecule has 0 spiro atoms. The fraction of sp³-hybridized carbons (Fsp3) is 0.600. The lowest BCUT2D eigenvalue weighted by atomic mass is 9.95. The summed E-state index contributed by atoms with van der Waals surface area (Å²) in [6, 6.07) is 2.25. The lowest BCUT2D eigenvalue weighted by Crippen LogP contribution is -2.25. The van der Waals surface area contributed by atoms with Gasteiger partial charge in [0.1, 0.15) is 0 Å². The van der Waals surface area contributed by atoms with Gasteiger partial charge in [-0.2, -0.15) is 11.3 Å². The summed E-state index contributed by atoms with van der Waals surface area (Å²) in [5.74, 6) is 0.906. The molecule has 1 aromatic heterocycles. The first kappa shape index (κ1) is 11.1. The number of hydrogen-bond acceptors (Lipinski definition) is 4. The van der Waals surface area contributed by atoms with Gasteiger partial charge in [0.25, 0.3) is 0 Å². The molecule has 1 N–H and O–H groups in total. The first-order valence-electron chi connectivity index (χ1n) is 5.02. The molecule has 2 unspecified atom stereocenters. The van der Waals surface area contributed by atoms with Crippen molar-refractivity contribution in [3.8, 4) is 0 Å². The van der Waals surface area contributed by atoms with E-state index >= 15 is 0 Å². The van der Waals surface area contributed by atoms with Crippen molar-refractivity contribution in [2.24, 2.45) is 5.92 Å². The largest absolute Gasteiger partial charge is 0.313 e. The lowest BCUT2D eigenvalue weighted by Gasteiger charge is -2.20. The van der Waals surface area contributed by atoms with Crippen LogP contribution in [0.25, 0.3) is 0 Å². The Labute approximate surface area is 94.4 Å². The second kappa shape index (κ2) is 4.23. The minimum absolute atomic E-state index is 0.188. The molecule has 1 aliphatic heterocycles. The molecular weight excluding hydrogens is 230 g/mol. The molecule has 84 valence electrons. The molecule has 1 aliphatic rings. The number of nitrogens with one attached hydrogen (secondary N) is 1. The van der Waals surface area contributed by atoms with Gasteiger partial charge >= 0.3 is 0 Å². The molecule has 2 heterocycles. The molecule has 15 heavy (non-hydrogen) atoms. The number of sulfone groups is 1. The van der Waals surface area contributed by atoms with E-state index in [9.17, 15) is 8.42 Å². The zero-order chi connectivity index (χ0) is 10.9. The van der Waals surface area contributed by atoms with Gasteiger partial charge in [-0.15, -0.1) is 0 Å². The van der Waals surface area contributed by atoms with E-state index in [1.165, 1.54) is 5.56 Å². The average molecular weight is 245 g/mol. The first-order valence-corrected chi connectivity index (χ1v) is 7.78. The maximum atomic E-state index is 11.4. The van der Waals surface area contributed by atoms with E-state index in [2.05, 4.69) is 16.8 Å². The topological polar surface area (TPSA) is 46.2 Å². The third kappa shape index (κ3) is 2.41. The van der Waals surface area contributed by atoms with Crippen molar-refractivity contribution in [2.75, 3.05) is 18.6 Å². The van der Waals surface area contributed by atoms with Crippen LogP contribution in [0.1, 0.15) is 18.0 Å². The number of thiophene rings is 1. The fourth-order valence-corrected chi connectivity index (χ4v) is 4.75. The van der Waals surface area contributed by atoms with Crippen LogP contribution in [0, 0.1) is 5.92 Å². The third-order valence-electron chi connectivity index (χ3n) is 2.95. The van der Waals surface area contributed by atoms with Crippen LogP contribution < -0.4 is 5.32 Å². The summed E-state index contributed by atoms with van der Waals surface area (Å²) < 4.78 is 22.8. The standard InChI is InChI=1S/C10H15NO2S2/c1-11-10(8-2-4-14-6-8)9-3-5-15(12,13)7-9/h2,4,6,9-11H,3,5,7H2,1H3. The molecule has 0 bridgehead atoms. The normalized spacial score (nSPS) is 26.6. The molecule has 1 aromatic rings. The van der Waals surface area contributed by atoms with Crippen LogP contribution in [0.2, 0.25) is 0 Å². The van der Waals surface area contributed by atoms with Gasteiger partial charge in [0.2, 0.25) is 0 Å². The third-order valence-corrected chi connectivity index (χ3v) is 5.45. The predicted molar refractivity (Wildman–Crippen MR) is 62.9 cm³/mol. The number of rotatable bonds is 3. The average Bonchev–Trinajstić information content (AvgIpc) is 2.77. The molecule has 0 aliphatic carbocycles. The Balaban J connectivity index is 2.16. The van der Waals surface area contributed by atoms with Crippen molar-refractivity contribution in [1.82, 2.24) is 5.32 Å². The van der Waals surface area contributed by atoms with Crippen LogP contribution in [0.3, 0.4) is 0 Å². The van der Waals surface area contributed by atoms with E-state index < -0.39 is 9.84 Å². The molecule has 0 aromatic carbocycles. The predicted octanol–water partition coefficient (Wildman–Crippen LogP) is 1.44. The second-order valence-corrected chi connectivity index (χ2v) is 6.99. The van der Waals surface area contributed by atoms with E-state index in [0.29, 0.717) is 11.5 Å². The van der Waals surface area contributed by atoms with Gasteiger partial charge in [0.15, 0.2) is 9.84 Å². The fourth-order valence-electron chi connectivity index (χ4n) is 2.21. The van der Waals surface area contributed by atoms with Crippen molar-refractivity contribution in [2.45, 2.75) is 12.5 Å². The highest BCUT2D eigenvalue weighted by atomic mass is 32.2. The van der Waals surface area contributed by atoms with Gasteiger partial charge in [-0.1, -0.05) is 0 Å². The van der Waals surface area contributed by atoms with Crippen LogP contribution in [0.15, 0.2) is 16.8 Å². The van der Waals surface area contributed by atoms with Gasteiger partial charge in [-0.25, -0.2) is 8.42 Å². The summed E-state index contributed by atoms with van der Waals surface area (Å²) in [5, 5.41) is 7.35. The molecule has 0 radical (unpaired) electrons. The van der Waals surface area contributed by atoms with E-state index in [4.69, 9.17) is 0 Å². The highest BCUT2D eigenvalue weighted by Gasteiger charge is 2.33. The van der Waals surface area contributed by atoms with Crippen LogP contribution in [-0.2, 0) is 9.84 Å². The van der Waals surface area contributed by atoms with Crippen LogP contribution in [-0.4, -0.2) is 27.0 Å². The minimum atomic E-state index is -2.78. The lowest BCUT2D eigenvalue weighted by molar-refractivity contribution is 0.419. The highest BCUT2D eigenvalue weighted by Crippen LogP contribution is 2.31. The molecule has 5 heteroatoms. The molecule has 2 rings (SSSR count). The van der Waals surface area contributed by atoms with E-state index in [1.807, 2.05) is 12.4 Å².